The summed E-state index contributed by atoms with van der Waals surface area (Å²) in [5.74, 6) is -0.412. The van der Waals surface area contributed by atoms with Gasteiger partial charge in [-0.1, -0.05) is 6.07 Å². The normalized spacial score (nSPS) is 21.1. The molecule has 0 aliphatic carbocycles. The number of benzene rings is 1. The summed E-state index contributed by atoms with van der Waals surface area (Å²) in [6, 6.07) is 4.74. The van der Waals surface area contributed by atoms with E-state index in [1.54, 1.807) is 12.1 Å². The smallest absolute Gasteiger partial charge is 0.148 e. The largest absolute Gasteiger partial charge is 0.395 e. The predicted octanol–water partition coefficient (Wildman–Crippen LogP) is 0.605. The maximum absolute atomic E-state index is 13.3. The lowest BCUT2D eigenvalue weighted by molar-refractivity contribution is 0.00359. The lowest BCUT2D eigenvalue weighted by Crippen LogP contribution is -2.44. The molecule has 1 aliphatic heterocycles. The van der Waals surface area contributed by atoms with Gasteiger partial charge in [-0.05, 0) is 12.1 Å². The molecule has 0 radical (unpaired) electrons. The van der Waals surface area contributed by atoms with Crippen LogP contribution in [0.4, 0.5) is 15.8 Å². The molecule has 0 bridgehead atoms. The van der Waals surface area contributed by atoms with Gasteiger partial charge in [0.1, 0.15) is 5.82 Å². The van der Waals surface area contributed by atoms with E-state index in [9.17, 15) is 4.39 Å². The molecule has 1 atom stereocenters. The molecule has 0 saturated carbocycles. The number of hydrogen-bond acceptors (Lipinski definition) is 4. The molecule has 4 nitrogen and oxygen atoms in total. The van der Waals surface area contributed by atoms with Gasteiger partial charge in [-0.15, -0.1) is 0 Å². The Kier molecular flexibility index (Phi) is 3.26. The molecular formula is C11H15FN2O2. The van der Waals surface area contributed by atoms with Gasteiger partial charge < -0.3 is 20.5 Å². The molecule has 5 heteroatoms. The maximum atomic E-state index is 13.3. The number of ether oxygens (including phenoxy) is 1. The summed E-state index contributed by atoms with van der Waals surface area (Å²) < 4.78 is 18.6. The van der Waals surface area contributed by atoms with Crippen LogP contribution in [0.15, 0.2) is 18.2 Å². The van der Waals surface area contributed by atoms with Gasteiger partial charge in [0.15, 0.2) is 0 Å². The van der Waals surface area contributed by atoms with Crippen LogP contribution >= 0.6 is 0 Å². The average molecular weight is 226 g/mol. The van der Waals surface area contributed by atoms with Crippen molar-refractivity contribution in [2.24, 2.45) is 0 Å². The first-order valence-electron chi connectivity index (χ1n) is 5.23. The second kappa shape index (κ2) is 4.67. The molecule has 1 fully saturated rings. The highest BCUT2D eigenvalue weighted by molar-refractivity contribution is 5.68. The number of rotatable bonds is 2. The van der Waals surface area contributed by atoms with Crippen LogP contribution in [0.25, 0.3) is 0 Å². The highest BCUT2D eigenvalue weighted by Gasteiger charge is 2.21. The number of anilines is 2. The Hall–Kier alpha value is -1.33. The molecule has 0 aromatic heterocycles. The SMILES string of the molecule is Nc1c(F)cccc1N1CCOC(CO)C1. The predicted molar refractivity (Wildman–Crippen MR) is 59.9 cm³/mol. The van der Waals surface area contributed by atoms with Crippen LogP contribution in [-0.2, 0) is 4.74 Å². The Morgan fingerprint density at radius 2 is 2.38 bits per heavy atom. The van der Waals surface area contributed by atoms with Gasteiger partial charge >= 0.3 is 0 Å². The molecule has 0 amide bonds. The van der Waals surface area contributed by atoms with E-state index in [2.05, 4.69) is 0 Å². The fraction of sp³-hybridized carbons (Fsp3) is 0.455. The number of nitrogens with zero attached hydrogens (tertiary/aromatic N) is 1. The highest BCUT2D eigenvalue weighted by Crippen LogP contribution is 2.26. The van der Waals surface area contributed by atoms with Crippen LogP contribution in [0.3, 0.4) is 0 Å². The molecular weight excluding hydrogens is 211 g/mol. The van der Waals surface area contributed by atoms with Crippen molar-refractivity contribution in [1.82, 2.24) is 0 Å². The molecule has 2 rings (SSSR count). The van der Waals surface area contributed by atoms with Crippen molar-refractivity contribution in [3.8, 4) is 0 Å². The quantitative estimate of drug-likeness (QED) is 0.725. The molecule has 3 N–H and O–H groups in total. The number of nitrogen functional groups attached to an aromatic ring is 1. The van der Waals surface area contributed by atoms with E-state index in [0.29, 0.717) is 25.4 Å². The van der Waals surface area contributed by atoms with Gasteiger partial charge in [-0.25, -0.2) is 4.39 Å². The van der Waals surface area contributed by atoms with Gasteiger partial charge in [0.2, 0.25) is 0 Å². The topological polar surface area (TPSA) is 58.7 Å². The standard InChI is InChI=1S/C11H15FN2O2/c12-9-2-1-3-10(11(9)13)14-4-5-16-8(6-14)7-15/h1-3,8,15H,4-7,13H2. The van der Waals surface area contributed by atoms with E-state index in [0.717, 1.165) is 0 Å². The second-order valence-electron chi connectivity index (χ2n) is 3.79. The Balaban J connectivity index is 2.20. The number of aliphatic hydroxyl groups excluding tert-OH is 1. The zero-order valence-corrected chi connectivity index (χ0v) is 8.90. The highest BCUT2D eigenvalue weighted by atomic mass is 19.1. The van der Waals surface area contributed by atoms with Crippen LogP contribution in [-0.4, -0.2) is 37.5 Å². The number of para-hydroxylation sites is 1. The van der Waals surface area contributed by atoms with Crippen LogP contribution in [0.2, 0.25) is 0 Å². The van der Waals surface area contributed by atoms with Crippen molar-refractivity contribution in [3.63, 3.8) is 0 Å². The minimum atomic E-state index is -0.412. The van der Waals surface area contributed by atoms with E-state index < -0.39 is 5.82 Å². The number of aliphatic hydroxyl groups is 1. The lowest BCUT2D eigenvalue weighted by atomic mass is 10.2. The van der Waals surface area contributed by atoms with E-state index >= 15 is 0 Å². The third-order valence-electron chi connectivity index (χ3n) is 2.71. The molecule has 1 aliphatic rings. The summed E-state index contributed by atoms with van der Waals surface area (Å²) in [5.41, 5.74) is 6.50. The Morgan fingerprint density at radius 1 is 1.56 bits per heavy atom. The van der Waals surface area contributed by atoms with Gasteiger partial charge in [-0.3, -0.25) is 0 Å². The molecule has 1 heterocycles. The second-order valence-corrected chi connectivity index (χ2v) is 3.79. The van der Waals surface area contributed by atoms with Gasteiger partial charge in [0, 0.05) is 13.1 Å². The molecule has 1 aromatic carbocycles. The van der Waals surface area contributed by atoms with Crippen molar-refractivity contribution in [2.75, 3.05) is 36.9 Å². The third-order valence-corrected chi connectivity index (χ3v) is 2.71. The Labute approximate surface area is 93.4 Å². The van der Waals surface area contributed by atoms with E-state index in [-0.39, 0.29) is 18.4 Å². The Morgan fingerprint density at radius 3 is 3.12 bits per heavy atom. The lowest BCUT2D eigenvalue weighted by Gasteiger charge is -2.34. The van der Waals surface area contributed by atoms with Crippen LogP contribution in [0.5, 0.6) is 0 Å². The maximum Gasteiger partial charge on any atom is 0.148 e. The van der Waals surface area contributed by atoms with E-state index in [4.69, 9.17) is 15.6 Å². The van der Waals surface area contributed by atoms with Crippen molar-refractivity contribution in [2.45, 2.75) is 6.10 Å². The van der Waals surface area contributed by atoms with Crippen molar-refractivity contribution in [3.05, 3.63) is 24.0 Å². The van der Waals surface area contributed by atoms with Crippen LogP contribution < -0.4 is 10.6 Å². The summed E-state index contributed by atoms with van der Waals surface area (Å²) in [6.07, 6.45) is -0.226. The number of morpholine rings is 1. The summed E-state index contributed by atoms with van der Waals surface area (Å²) in [4.78, 5) is 1.93. The van der Waals surface area contributed by atoms with Gasteiger partial charge in [0.05, 0.1) is 30.7 Å². The van der Waals surface area contributed by atoms with Crippen molar-refractivity contribution < 1.29 is 14.2 Å². The molecule has 1 aromatic rings. The molecule has 0 spiro atoms. The molecule has 1 unspecified atom stereocenters. The fourth-order valence-electron chi connectivity index (χ4n) is 1.85. The van der Waals surface area contributed by atoms with Crippen molar-refractivity contribution >= 4 is 11.4 Å². The van der Waals surface area contributed by atoms with Crippen LogP contribution in [0, 0.1) is 5.82 Å². The first-order chi connectivity index (χ1) is 7.72. The van der Waals surface area contributed by atoms with Crippen LogP contribution in [0.1, 0.15) is 0 Å². The van der Waals surface area contributed by atoms with E-state index in [1.165, 1.54) is 6.07 Å². The zero-order valence-electron chi connectivity index (χ0n) is 8.90. The summed E-state index contributed by atoms with van der Waals surface area (Å²) in [5, 5.41) is 9.02. The number of halogens is 1. The summed E-state index contributed by atoms with van der Waals surface area (Å²) >= 11 is 0. The zero-order chi connectivity index (χ0) is 11.5. The average Bonchev–Trinajstić information content (AvgIpc) is 2.33. The Bertz CT molecular complexity index is 373. The number of nitrogens with two attached hydrogens (primary N) is 1. The molecule has 16 heavy (non-hydrogen) atoms. The minimum Gasteiger partial charge on any atom is -0.395 e. The van der Waals surface area contributed by atoms with E-state index in [1.807, 2.05) is 4.90 Å². The minimum absolute atomic E-state index is 0.0360. The van der Waals surface area contributed by atoms with Crippen molar-refractivity contribution in [1.29, 1.82) is 0 Å². The van der Waals surface area contributed by atoms with Gasteiger partial charge in [-0.2, -0.15) is 0 Å². The first-order valence-corrected chi connectivity index (χ1v) is 5.23. The third kappa shape index (κ3) is 2.10. The summed E-state index contributed by atoms with van der Waals surface area (Å²) in [7, 11) is 0. The first kappa shape index (κ1) is 11.2. The van der Waals surface area contributed by atoms with Gasteiger partial charge in [0.25, 0.3) is 0 Å². The number of hydrogen-bond donors (Lipinski definition) is 2. The monoisotopic (exact) mass is 226 g/mol. The molecule has 1 saturated heterocycles. The summed E-state index contributed by atoms with van der Waals surface area (Å²) in [6.45, 7) is 1.67. The fourth-order valence-corrected chi connectivity index (χ4v) is 1.85. The molecule has 88 valence electrons.